The summed E-state index contributed by atoms with van der Waals surface area (Å²) in [7, 11) is 0. The van der Waals surface area contributed by atoms with Crippen molar-refractivity contribution in [1.29, 1.82) is 0 Å². The Bertz CT molecular complexity index is 457. The summed E-state index contributed by atoms with van der Waals surface area (Å²) in [5.41, 5.74) is 0.959. The van der Waals surface area contributed by atoms with Gasteiger partial charge in [-0.2, -0.15) is 0 Å². The highest BCUT2D eigenvalue weighted by molar-refractivity contribution is 6.18. The van der Waals surface area contributed by atoms with Crippen LogP contribution in [0, 0.1) is 5.82 Å². The molecule has 3 nitrogen and oxygen atoms in total. The highest BCUT2D eigenvalue weighted by Crippen LogP contribution is 2.30. The summed E-state index contributed by atoms with van der Waals surface area (Å²) in [5.74, 6) is 1.17. The molecule has 104 valence electrons. The van der Waals surface area contributed by atoms with Gasteiger partial charge in [0.05, 0.1) is 13.2 Å². The number of nitrogens with zero attached hydrogens (tertiary/aromatic N) is 1. The highest BCUT2D eigenvalue weighted by Gasteiger charge is 2.29. The molecule has 5 heteroatoms. The largest absolute Gasteiger partial charge is 0.488 e. The third-order valence-electron chi connectivity index (χ3n) is 3.73. The van der Waals surface area contributed by atoms with Gasteiger partial charge in [0.2, 0.25) is 0 Å². The van der Waals surface area contributed by atoms with Crippen LogP contribution in [0.1, 0.15) is 5.56 Å². The van der Waals surface area contributed by atoms with Crippen LogP contribution in [-0.2, 0) is 11.2 Å². The Labute approximate surface area is 117 Å². The van der Waals surface area contributed by atoms with Crippen molar-refractivity contribution >= 4 is 11.6 Å². The molecule has 1 aromatic rings. The van der Waals surface area contributed by atoms with Crippen molar-refractivity contribution in [3.05, 3.63) is 29.6 Å². The van der Waals surface area contributed by atoms with Crippen molar-refractivity contribution in [3.63, 3.8) is 0 Å². The summed E-state index contributed by atoms with van der Waals surface area (Å²) < 4.78 is 24.5. The topological polar surface area (TPSA) is 21.7 Å². The minimum absolute atomic E-state index is 0.0839. The molecule has 2 heterocycles. The van der Waals surface area contributed by atoms with E-state index in [1.165, 1.54) is 6.07 Å². The molecule has 19 heavy (non-hydrogen) atoms. The number of halogens is 2. The molecule has 2 aliphatic heterocycles. The number of morpholine rings is 1. The average molecular weight is 286 g/mol. The summed E-state index contributed by atoms with van der Waals surface area (Å²) in [6.07, 6.45) is 0.847. The normalized spacial score (nSPS) is 27.1. The molecule has 3 rings (SSSR count). The maximum absolute atomic E-state index is 13.2. The summed E-state index contributed by atoms with van der Waals surface area (Å²) in [5, 5.41) is 0. The zero-order chi connectivity index (χ0) is 13.2. The van der Waals surface area contributed by atoms with E-state index in [9.17, 15) is 4.39 Å². The molecule has 0 aliphatic carbocycles. The van der Waals surface area contributed by atoms with Gasteiger partial charge in [0, 0.05) is 37.0 Å². The first-order chi connectivity index (χ1) is 9.26. The molecular weight excluding hydrogens is 269 g/mol. The van der Waals surface area contributed by atoms with E-state index < -0.39 is 0 Å². The van der Waals surface area contributed by atoms with E-state index >= 15 is 0 Å². The van der Waals surface area contributed by atoms with Gasteiger partial charge in [0.25, 0.3) is 0 Å². The zero-order valence-corrected chi connectivity index (χ0v) is 11.4. The van der Waals surface area contributed by atoms with Crippen molar-refractivity contribution in [2.45, 2.75) is 18.6 Å². The van der Waals surface area contributed by atoms with E-state index in [-0.39, 0.29) is 18.0 Å². The van der Waals surface area contributed by atoms with Crippen LogP contribution < -0.4 is 4.74 Å². The third kappa shape index (κ3) is 2.86. The SMILES string of the molecule is Fc1ccc2c(c1)CC(CN1CCOCC1CCl)O2. The molecule has 0 N–H and O–H groups in total. The van der Waals surface area contributed by atoms with Crippen LogP contribution in [0.15, 0.2) is 18.2 Å². The Balaban J connectivity index is 1.63. The Kier molecular flexibility index (Phi) is 3.91. The van der Waals surface area contributed by atoms with Crippen molar-refractivity contribution < 1.29 is 13.9 Å². The number of ether oxygens (including phenoxy) is 2. The van der Waals surface area contributed by atoms with E-state index in [4.69, 9.17) is 21.1 Å². The summed E-state index contributed by atoms with van der Waals surface area (Å²) >= 11 is 5.96. The van der Waals surface area contributed by atoms with Gasteiger partial charge in [-0.15, -0.1) is 11.6 Å². The van der Waals surface area contributed by atoms with Crippen molar-refractivity contribution in [1.82, 2.24) is 4.90 Å². The van der Waals surface area contributed by atoms with Crippen LogP contribution in [-0.4, -0.2) is 49.2 Å². The number of alkyl halides is 1. The lowest BCUT2D eigenvalue weighted by molar-refractivity contribution is -0.0126. The standard InChI is InChI=1S/C14H17ClFNO2/c15-7-12-9-18-4-3-17(12)8-13-6-10-5-11(16)1-2-14(10)19-13/h1-2,5,12-13H,3-4,6-9H2. The number of benzene rings is 1. The van der Waals surface area contributed by atoms with Crippen LogP contribution in [0.4, 0.5) is 4.39 Å². The molecule has 1 aromatic carbocycles. The van der Waals surface area contributed by atoms with E-state index in [0.29, 0.717) is 12.5 Å². The second kappa shape index (κ2) is 5.65. The number of rotatable bonds is 3. The summed E-state index contributed by atoms with van der Waals surface area (Å²) in [6, 6.07) is 4.97. The molecule has 0 amide bonds. The van der Waals surface area contributed by atoms with E-state index in [1.807, 2.05) is 0 Å². The van der Waals surface area contributed by atoms with Gasteiger partial charge in [-0.05, 0) is 18.2 Å². The van der Waals surface area contributed by atoms with Gasteiger partial charge < -0.3 is 9.47 Å². The maximum atomic E-state index is 13.2. The van der Waals surface area contributed by atoms with Crippen molar-refractivity contribution in [2.24, 2.45) is 0 Å². The van der Waals surface area contributed by atoms with E-state index in [0.717, 1.165) is 37.4 Å². The predicted octanol–water partition coefficient (Wildman–Crippen LogP) is 2.07. The maximum Gasteiger partial charge on any atom is 0.123 e. The first-order valence-electron chi connectivity index (χ1n) is 6.59. The highest BCUT2D eigenvalue weighted by atomic mass is 35.5. The van der Waals surface area contributed by atoms with Crippen LogP contribution in [0.3, 0.4) is 0 Å². The number of hydrogen-bond donors (Lipinski definition) is 0. The van der Waals surface area contributed by atoms with Crippen LogP contribution in [0.25, 0.3) is 0 Å². The molecule has 1 fully saturated rings. The molecule has 0 bridgehead atoms. The lowest BCUT2D eigenvalue weighted by Crippen LogP contribution is -2.50. The van der Waals surface area contributed by atoms with Gasteiger partial charge >= 0.3 is 0 Å². The van der Waals surface area contributed by atoms with Crippen LogP contribution in [0.2, 0.25) is 0 Å². The van der Waals surface area contributed by atoms with Crippen molar-refractivity contribution in [3.8, 4) is 5.75 Å². The fourth-order valence-electron chi connectivity index (χ4n) is 2.72. The summed E-state index contributed by atoms with van der Waals surface area (Å²) in [6.45, 7) is 3.11. The summed E-state index contributed by atoms with van der Waals surface area (Å²) in [4.78, 5) is 2.31. The first-order valence-corrected chi connectivity index (χ1v) is 7.12. The van der Waals surface area contributed by atoms with Gasteiger partial charge in [-0.3, -0.25) is 4.90 Å². The molecule has 2 aliphatic rings. The van der Waals surface area contributed by atoms with Crippen molar-refractivity contribution in [2.75, 3.05) is 32.2 Å². The second-order valence-electron chi connectivity index (χ2n) is 5.07. The van der Waals surface area contributed by atoms with Gasteiger partial charge in [-0.25, -0.2) is 4.39 Å². The van der Waals surface area contributed by atoms with Gasteiger partial charge in [0.15, 0.2) is 0 Å². The number of fused-ring (bicyclic) bond motifs is 1. The monoisotopic (exact) mass is 285 g/mol. The molecule has 1 saturated heterocycles. The molecule has 2 unspecified atom stereocenters. The quantitative estimate of drug-likeness (QED) is 0.794. The van der Waals surface area contributed by atoms with Gasteiger partial charge in [0.1, 0.15) is 17.7 Å². The lowest BCUT2D eigenvalue weighted by Gasteiger charge is -2.35. The van der Waals surface area contributed by atoms with Gasteiger partial charge in [-0.1, -0.05) is 0 Å². The molecule has 2 atom stereocenters. The Morgan fingerprint density at radius 3 is 3.16 bits per heavy atom. The molecule has 0 radical (unpaired) electrons. The molecule has 0 spiro atoms. The molecule has 0 saturated carbocycles. The lowest BCUT2D eigenvalue weighted by atomic mass is 10.1. The first kappa shape index (κ1) is 13.2. The zero-order valence-electron chi connectivity index (χ0n) is 10.6. The predicted molar refractivity (Wildman–Crippen MR) is 71.4 cm³/mol. The molecular formula is C14H17ClFNO2. The fraction of sp³-hybridized carbons (Fsp3) is 0.571. The number of hydrogen-bond acceptors (Lipinski definition) is 3. The minimum Gasteiger partial charge on any atom is -0.488 e. The molecule has 0 aromatic heterocycles. The minimum atomic E-state index is -0.201. The Morgan fingerprint density at radius 1 is 1.42 bits per heavy atom. The van der Waals surface area contributed by atoms with Crippen LogP contribution in [0.5, 0.6) is 5.75 Å². The Morgan fingerprint density at radius 2 is 2.32 bits per heavy atom. The smallest absolute Gasteiger partial charge is 0.123 e. The average Bonchev–Trinajstić information content (AvgIpc) is 2.80. The van der Waals surface area contributed by atoms with E-state index in [2.05, 4.69) is 4.90 Å². The second-order valence-corrected chi connectivity index (χ2v) is 5.38. The fourth-order valence-corrected chi connectivity index (χ4v) is 3.01. The van der Waals surface area contributed by atoms with Crippen LogP contribution >= 0.6 is 11.6 Å². The van der Waals surface area contributed by atoms with E-state index in [1.54, 1.807) is 12.1 Å². The Hall–Kier alpha value is -0.840. The third-order valence-corrected chi connectivity index (χ3v) is 4.09.